The summed E-state index contributed by atoms with van der Waals surface area (Å²) in [5.74, 6) is -0.0568. The van der Waals surface area contributed by atoms with Gasteiger partial charge in [-0.15, -0.1) is 0 Å². The summed E-state index contributed by atoms with van der Waals surface area (Å²) >= 11 is 0. The van der Waals surface area contributed by atoms with E-state index < -0.39 is 0 Å². The molecule has 1 unspecified atom stereocenters. The van der Waals surface area contributed by atoms with E-state index in [2.05, 4.69) is 5.32 Å². The predicted molar refractivity (Wildman–Crippen MR) is 79.6 cm³/mol. The quantitative estimate of drug-likeness (QED) is 0.915. The standard InChI is InChI=1S/C16H22N2O2/c1-3-12(2)17-15(19)11-18-14-9-5-4-7-13(14)8-6-10-16(18)20/h4-5,7,9,12H,3,6,8,10-11H2,1-2H3,(H,17,19). The first-order valence-electron chi connectivity index (χ1n) is 7.29. The average Bonchev–Trinajstić information content (AvgIpc) is 2.59. The monoisotopic (exact) mass is 274 g/mol. The molecule has 1 aromatic carbocycles. The lowest BCUT2D eigenvalue weighted by atomic mass is 10.1. The molecule has 108 valence electrons. The Labute approximate surface area is 120 Å². The summed E-state index contributed by atoms with van der Waals surface area (Å²) in [5, 5.41) is 2.92. The Bertz CT molecular complexity index is 499. The second kappa shape index (κ2) is 6.55. The zero-order valence-electron chi connectivity index (χ0n) is 12.2. The summed E-state index contributed by atoms with van der Waals surface area (Å²) in [6.07, 6.45) is 3.13. The zero-order valence-corrected chi connectivity index (χ0v) is 12.2. The minimum absolute atomic E-state index is 0.0363. The summed E-state index contributed by atoms with van der Waals surface area (Å²) in [4.78, 5) is 25.9. The van der Waals surface area contributed by atoms with Crippen molar-refractivity contribution in [1.29, 1.82) is 0 Å². The molecule has 2 rings (SSSR count). The van der Waals surface area contributed by atoms with Gasteiger partial charge in [-0.25, -0.2) is 0 Å². The van der Waals surface area contributed by atoms with Gasteiger partial charge in [-0.2, -0.15) is 0 Å². The van der Waals surface area contributed by atoms with Crippen LogP contribution in [0.1, 0.15) is 38.7 Å². The summed E-state index contributed by atoms with van der Waals surface area (Å²) in [6.45, 7) is 4.10. The van der Waals surface area contributed by atoms with Crippen LogP contribution in [-0.4, -0.2) is 24.4 Å². The average molecular weight is 274 g/mol. The van der Waals surface area contributed by atoms with Crippen molar-refractivity contribution in [2.75, 3.05) is 11.4 Å². The molecule has 20 heavy (non-hydrogen) atoms. The van der Waals surface area contributed by atoms with Crippen LogP contribution in [0, 0.1) is 0 Å². The first kappa shape index (κ1) is 14.6. The van der Waals surface area contributed by atoms with Crippen molar-refractivity contribution in [2.45, 2.75) is 45.6 Å². The molecule has 4 heteroatoms. The van der Waals surface area contributed by atoms with Gasteiger partial charge >= 0.3 is 0 Å². The molecule has 1 aromatic rings. The highest BCUT2D eigenvalue weighted by Gasteiger charge is 2.24. The molecule has 1 heterocycles. The Hall–Kier alpha value is -1.84. The number of para-hydroxylation sites is 1. The van der Waals surface area contributed by atoms with Gasteiger partial charge in [0.1, 0.15) is 6.54 Å². The molecule has 0 radical (unpaired) electrons. The SMILES string of the molecule is CCC(C)NC(=O)CN1C(=O)CCCc2ccccc21. The van der Waals surface area contributed by atoms with Crippen LogP contribution in [-0.2, 0) is 16.0 Å². The van der Waals surface area contributed by atoms with E-state index in [0.29, 0.717) is 6.42 Å². The topological polar surface area (TPSA) is 49.4 Å². The van der Waals surface area contributed by atoms with Gasteiger partial charge in [0, 0.05) is 18.2 Å². The molecule has 0 fully saturated rings. The normalized spacial score (nSPS) is 16.3. The van der Waals surface area contributed by atoms with Crippen LogP contribution in [0.4, 0.5) is 5.69 Å². The summed E-state index contributed by atoms with van der Waals surface area (Å²) in [5.41, 5.74) is 2.03. The highest BCUT2D eigenvalue weighted by atomic mass is 16.2. The van der Waals surface area contributed by atoms with E-state index in [1.807, 2.05) is 38.1 Å². The maximum absolute atomic E-state index is 12.2. The fraction of sp³-hybridized carbons (Fsp3) is 0.500. The van der Waals surface area contributed by atoms with E-state index in [4.69, 9.17) is 0 Å². The van der Waals surface area contributed by atoms with Crippen LogP contribution < -0.4 is 10.2 Å². The summed E-state index contributed by atoms with van der Waals surface area (Å²) in [7, 11) is 0. The lowest BCUT2D eigenvalue weighted by Crippen LogP contribution is -2.43. The molecule has 1 N–H and O–H groups in total. The number of aryl methyl sites for hydroxylation is 1. The first-order chi connectivity index (χ1) is 9.61. The van der Waals surface area contributed by atoms with Crippen molar-refractivity contribution in [3.05, 3.63) is 29.8 Å². The van der Waals surface area contributed by atoms with Gasteiger partial charge in [-0.05, 0) is 37.8 Å². The van der Waals surface area contributed by atoms with E-state index in [1.54, 1.807) is 4.90 Å². The van der Waals surface area contributed by atoms with Gasteiger partial charge in [0.15, 0.2) is 0 Å². The minimum Gasteiger partial charge on any atom is -0.352 e. The predicted octanol–water partition coefficient (Wildman–Crippen LogP) is 2.27. The molecule has 0 aliphatic carbocycles. The zero-order chi connectivity index (χ0) is 14.5. The second-order valence-corrected chi connectivity index (χ2v) is 5.34. The maximum Gasteiger partial charge on any atom is 0.240 e. The molecule has 0 aromatic heterocycles. The largest absolute Gasteiger partial charge is 0.352 e. The Kier molecular flexibility index (Phi) is 4.77. The van der Waals surface area contributed by atoms with Crippen LogP contribution >= 0.6 is 0 Å². The van der Waals surface area contributed by atoms with E-state index >= 15 is 0 Å². The third-order valence-corrected chi connectivity index (χ3v) is 3.74. The molecule has 0 bridgehead atoms. The van der Waals surface area contributed by atoms with Crippen molar-refractivity contribution in [3.63, 3.8) is 0 Å². The first-order valence-corrected chi connectivity index (χ1v) is 7.29. The van der Waals surface area contributed by atoms with Crippen LogP contribution in [0.5, 0.6) is 0 Å². The van der Waals surface area contributed by atoms with E-state index in [1.165, 1.54) is 0 Å². The van der Waals surface area contributed by atoms with Gasteiger partial charge in [-0.3, -0.25) is 9.59 Å². The minimum atomic E-state index is -0.0931. The lowest BCUT2D eigenvalue weighted by molar-refractivity contribution is -0.124. The number of carbonyl (C=O) groups excluding carboxylic acids is 2. The van der Waals surface area contributed by atoms with E-state index in [9.17, 15) is 9.59 Å². The lowest BCUT2D eigenvalue weighted by Gasteiger charge is -2.23. The number of hydrogen-bond donors (Lipinski definition) is 1. The number of nitrogens with one attached hydrogen (secondary N) is 1. The second-order valence-electron chi connectivity index (χ2n) is 5.34. The van der Waals surface area contributed by atoms with Crippen molar-refractivity contribution >= 4 is 17.5 Å². The van der Waals surface area contributed by atoms with Crippen molar-refractivity contribution in [2.24, 2.45) is 0 Å². The number of amides is 2. The maximum atomic E-state index is 12.2. The van der Waals surface area contributed by atoms with Crippen LogP contribution in [0.15, 0.2) is 24.3 Å². The fourth-order valence-electron chi connectivity index (χ4n) is 2.42. The number of benzene rings is 1. The van der Waals surface area contributed by atoms with Crippen LogP contribution in [0.2, 0.25) is 0 Å². The molecule has 2 amide bonds. The van der Waals surface area contributed by atoms with Gasteiger partial charge < -0.3 is 10.2 Å². The number of anilines is 1. The Morgan fingerprint density at radius 3 is 2.85 bits per heavy atom. The van der Waals surface area contributed by atoms with Gasteiger partial charge in [0.05, 0.1) is 0 Å². The van der Waals surface area contributed by atoms with Crippen molar-refractivity contribution in [3.8, 4) is 0 Å². The molecule has 1 aliphatic heterocycles. The molecular formula is C16H22N2O2. The van der Waals surface area contributed by atoms with E-state index in [0.717, 1.165) is 30.5 Å². The third-order valence-electron chi connectivity index (χ3n) is 3.74. The fourth-order valence-corrected chi connectivity index (χ4v) is 2.42. The molecule has 4 nitrogen and oxygen atoms in total. The number of fused-ring (bicyclic) bond motifs is 1. The molecule has 0 saturated carbocycles. The van der Waals surface area contributed by atoms with Crippen molar-refractivity contribution in [1.82, 2.24) is 5.32 Å². The Balaban J connectivity index is 2.16. The van der Waals surface area contributed by atoms with Gasteiger partial charge in [-0.1, -0.05) is 25.1 Å². The van der Waals surface area contributed by atoms with Gasteiger partial charge in [0.2, 0.25) is 11.8 Å². The number of rotatable bonds is 4. The summed E-state index contributed by atoms with van der Waals surface area (Å²) < 4.78 is 0. The number of nitrogens with zero attached hydrogens (tertiary/aromatic N) is 1. The molecule has 1 aliphatic rings. The third kappa shape index (κ3) is 3.38. The van der Waals surface area contributed by atoms with E-state index in [-0.39, 0.29) is 24.4 Å². The summed E-state index contributed by atoms with van der Waals surface area (Å²) in [6, 6.07) is 7.99. The Morgan fingerprint density at radius 1 is 1.35 bits per heavy atom. The molecule has 0 spiro atoms. The molecule has 1 atom stereocenters. The highest BCUT2D eigenvalue weighted by Crippen LogP contribution is 2.26. The van der Waals surface area contributed by atoms with Crippen LogP contribution in [0.3, 0.4) is 0 Å². The highest BCUT2D eigenvalue weighted by molar-refractivity contribution is 5.99. The number of hydrogen-bond acceptors (Lipinski definition) is 2. The molecule has 0 saturated heterocycles. The van der Waals surface area contributed by atoms with Gasteiger partial charge in [0.25, 0.3) is 0 Å². The Morgan fingerprint density at radius 2 is 2.10 bits per heavy atom. The van der Waals surface area contributed by atoms with Crippen LogP contribution in [0.25, 0.3) is 0 Å². The molecular weight excluding hydrogens is 252 g/mol. The smallest absolute Gasteiger partial charge is 0.240 e. The van der Waals surface area contributed by atoms with Crippen molar-refractivity contribution < 1.29 is 9.59 Å². The number of carbonyl (C=O) groups is 2.